The minimum Gasteiger partial charge on any atom is -0.384 e. The van der Waals surface area contributed by atoms with Crippen molar-refractivity contribution in [3.63, 3.8) is 0 Å². The summed E-state index contributed by atoms with van der Waals surface area (Å²) >= 11 is 3.21. The van der Waals surface area contributed by atoms with Crippen molar-refractivity contribution in [1.29, 1.82) is 0 Å². The lowest BCUT2D eigenvalue weighted by atomic mass is 9.98. The summed E-state index contributed by atoms with van der Waals surface area (Å²) in [5.41, 5.74) is 0. The number of rotatable bonds is 3. The zero-order valence-electron chi connectivity index (χ0n) is 9.83. The fourth-order valence-corrected chi connectivity index (χ4v) is 2.49. The van der Waals surface area contributed by atoms with Gasteiger partial charge in [0.05, 0.1) is 0 Å². The molecule has 0 atom stereocenters. The number of methoxy groups -OCH3 is 1. The molecule has 2 heterocycles. The first kappa shape index (κ1) is 12.8. The van der Waals surface area contributed by atoms with Crippen molar-refractivity contribution in [3.05, 3.63) is 22.6 Å². The molecule has 0 amide bonds. The molecule has 0 aliphatic carbocycles. The molecule has 5 heteroatoms. The summed E-state index contributed by atoms with van der Waals surface area (Å²) in [6.07, 6.45) is 3.70. The molecule has 1 aliphatic heterocycles. The highest BCUT2D eigenvalue weighted by Crippen LogP contribution is 2.25. The molecular weight excluding hydrogens is 287 g/mol. The molecule has 1 saturated heterocycles. The maximum absolute atomic E-state index is 13.7. The van der Waals surface area contributed by atoms with Gasteiger partial charge >= 0.3 is 0 Å². The van der Waals surface area contributed by atoms with Crippen molar-refractivity contribution in [2.24, 2.45) is 5.92 Å². The van der Waals surface area contributed by atoms with Gasteiger partial charge < -0.3 is 9.64 Å². The van der Waals surface area contributed by atoms with Crippen LogP contribution < -0.4 is 4.90 Å². The van der Waals surface area contributed by atoms with E-state index in [0.29, 0.717) is 16.2 Å². The number of halogens is 2. The van der Waals surface area contributed by atoms with Crippen LogP contribution in [0.2, 0.25) is 0 Å². The molecule has 1 fully saturated rings. The van der Waals surface area contributed by atoms with Crippen LogP contribution in [0.3, 0.4) is 0 Å². The lowest BCUT2D eigenvalue weighted by Crippen LogP contribution is -2.36. The Balaban J connectivity index is 2.00. The first-order chi connectivity index (χ1) is 8.20. The number of hydrogen-bond donors (Lipinski definition) is 0. The fourth-order valence-electron chi connectivity index (χ4n) is 2.19. The normalized spacial score (nSPS) is 17.5. The lowest BCUT2D eigenvalue weighted by Gasteiger charge is -2.32. The second-order valence-corrected chi connectivity index (χ2v) is 5.26. The molecule has 0 N–H and O–H groups in total. The average molecular weight is 303 g/mol. The fraction of sp³-hybridized carbons (Fsp3) is 0.583. The Bertz CT molecular complexity index is 381. The number of pyridine rings is 1. The molecule has 94 valence electrons. The van der Waals surface area contributed by atoms with Crippen LogP contribution in [0.15, 0.2) is 16.7 Å². The number of ether oxygens (including phenoxy) is 1. The zero-order valence-corrected chi connectivity index (χ0v) is 11.4. The number of anilines is 1. The van der Waals surface area contributed by atoms with Gasteiger partial charge in [0.2, 0.25) is 0 Å². The second kappa shape index (κ2) is 5.78. The van der Waals surface area contributed by atoms with E-state index < -0.39 is 0 Å². The van der Waals surface area contributed by atoms with Gasteiger partial charge in [0, 0.05) is 37.5 Å². The monoisotopic (exact) mass is 302 g/mol. The Labute approximate surface area is 109 Å². The number of nitrogens with zero attached hydrogens (tertiary/aromatic N) is 2. The summed E-state index contributed by atoms with van der Waals surface area (Å²) in [7, 11) is 1.72. The Morgan fingerprint density at radius 2 is 2.24 bits per heavy atom. The van der Waals surface area contributed by atoms with Gasteiger partial charge in [0.1, 0.15) is 0 Å². The van der Waals surface area contributed by atoms with E-state index in [2.05, 4.69) is 20.9 Å². The third-order valence-corrected chi connectivity index (χ3v) is 3.54. The molecular formula is C12H16BrFN2O. The first-order valence-electron chi connectivity index (χ1n) is 5.75. The first-order valence-corrected chi connectivity index (χ1v) is 6.55. The number of piperidine rings is 1. The van der Waals surface area contributed by atoms with Crippen molar-refractivity contribution >= 4 is 21.7 Å². The van der Waals surface area contributed by atoms with Gasteiger partial charge in [0.15, 0.2) is 11.6 Å². The Morgan fingerprint density at radius 3 is 2.82 bits per heavy atom. The third-order valence-electron chi connectivity index (χ3n) is 3.10. The minimum absolute atomic E-state index is 0.260. The maximum Gasteiger partial charge on any atom is 0.166 e. The van der Waals surface area contributed by atoms with Gasteiger partial charge in [0.25, 0.3) is 0 Å². The summed E-state index contributed by atoms with van der Waals surface area (Å²) in [6, 6.07) is 1.46. The molecule has 1 aliphatic rings. The topological polar surface area (TPSA) is 25.4 Å². The van der Waals surface area contributed by atoms with Crippen molar-refractivity contribution in [2.75, 3.05) is 31.7 Å². The van der Waals surface area contributed by atoms with E-state index >= 15 is 0 Å². The molecule has 0 aromatic carbocycles. The van der Waals surface area contributed by atoms with Crippen LogP contribution in [0.1, 0.15) is 12.8 Å². The van der Waals surface area contributed by atoms with Crippen LogP contribution >= 0.6 is 15.9 Å². The molecule has 0 bridgehead atoms. The molecule has 1 aromatic heterocycles. The molecule has 1 aromatic rings. The Kier molecular flexibility index (Phi) is 4.34. The van der Waals surface area contributed by atoms with Crippen LogP contribution in [0.25, 0.3) is 0 Å². The predicted octanol–water partition coefficient (Wildman–Crippen LogP) is 2.85. The van der Waals surface area contributed by atoms with Crippen molar-refractivity contribution in [1.82, 2.24) is 4.98 Å². The van der Waals surface area contributed by atoms with E-state index in [0.717, 1.165) is 32.5 Å². The highest BCUT2D eigenvalue weighted by molar-refractivity contribution is 9.10. The van der Waals surface area contributed by atoms with Gasteiger partial charge in [-0.3, -0.25) is 0 Å². The SMILES string of the molecule is COCC1CCN(c2ncc(Br)cc2F)CC1. The molecule has 3 nitrogen and oxygen atoms in total. The summed E-state index contributed by atoms with van der Waals surface area (Å²) in [5.74, 6) is 0.795. The van der Waals surface area contributed by atoms with Crippen LogP contribution in [-0.2, 0) is 4.74 Å². The Hall–Kier alpha value is -0.680. The van der Waals surface area contributed by atoms with E-state index in [-0.39, 0.29) is 5.82 Å². The highest BCUT2D eigenvalue weighted by Gasteiger charge is 2.22. The molecule has 0 radical (unpaired) electrons. The number of aromatic nitrogens is 1. The summed E-state index contributed by atoms with van der Waals surface area (Å²) in [5, 5.41) is 0. The standard InChI is InChI=1S/C12H16BrFN2O/c1-17-8-9-2-4-16(5-3-9)12-11(14)6-10(13)7-15-12/h6-7,9H,2-5,8H2,1H3. The van der Waals surface area contributed by atoms with Crippen LogP contribution in [-0.4, -0.2) is 31.8 Å². The smallest absolute Gasteiger partial charge is 0.166 e. The van der Waals surface area contributed by atoms with Gasteiger partial charge in [-0.1, -0.05) is 0 Å². The van der Waals surface area contributed by atoms with Crippen molar-refractivity contribution < 1.29 is 9.13 Å². The second-order valence-electron chi connectivity index (χ2n) is 4.34. The lowest BCUT2D eigenvalue weighted by molar-refractivity contribution is 0.139. The van der Waals surface area contributed by atoms with Crippen molar-refractivity contribution in [2.45, 2.75) is 12.8 Å². The minimum atomic E-state index is -0.260. The van der Waals surface area contributed by atoms with E-state index in [9.17, 15) is 4.39 Å². The summed E-state index contributed by atoms with van der Waals surface area (Å²) in [4.78, 5) is 6.15. The molecule has 0 saturated carbocycles. The van der Waals surface area contributed by atoms with E-state index in [4.69, 9.17) is 4.74 Å². The maximum atomic E-state index is 13.7. The largest absolute Gasteiger partial charge is 0.384 e. The Morgan fingerprint density at radius 1 is 1.53 bits per heavy atom. The molecule has 0 spiro atoms. The van der Waals surface area contributed by atoms with Gasteiger partial charge in [-0.2, -0.15) is 0 Å². The van der Waals surface area contributed by atoms with Gasteiger partial charge in [-0.15, -0.1) is 0 Å². The van der Waals surface area contributed by atoms with E-state index in [1.165, 1.54) is 6.07 Å². The average Bonchev–Trinajstić information content (AvgIpc) is 2.31. The molecule has 2 rings (SSSR count). The summed E-state index contributed by atoms with van der Waals surface area (Å²) in [6.45, 7) is 2.49. The zero-order chi connectivity index (χ0) is 12.3. The van der Waals surface area contributed by atoms with Crippen molar-refractivity contribution in [3.8, 4) is 0 Å². The van der Waals surface area contributed by atoms with Crippen LogP contribution in [0.4, 0.5) is 10.2 Å². The van der Waals surface area contributed by atoms with Gasteiger partial charge in [-0.05, 0) is 40.8 Å². The highest BCUT2D eigenvalue weighted by atomic mass is 79.9. The van der Waals surface area contributed by atoms with E-state index in [1.807, 2.05) is 4.90 Å². The third kappa shape index (κ3) is 3.16. The predicted molar refractivity (Wildman–Crippen MR) is 68.7 cm³/mol. The quantitative estimate of drug-likeness (QED) is 0.858. The van der Waals surface area contributed by atoms with E-state index in [1.54, 1.807) is 13.3 Å². The molecule has 17 heavy (non-hydrogen) atoms. The van der Waals surface area contributed by atoms with Gasteiger partial charge in [-0.25, -0.2) is 9.37 Å². The summed E-state index contributed by atoms with van der Waals surface area (Å²) < 4.78 is 19.5. The van der Waals surface area contributed by atoms with Crippen LogP contribution in [0.5, 0.6) is 0 Å². The molecule has 0 unspecified atom stereocenters. The van der Waals surface area contributed by atoms with Crippen LogP contribution in [0, 0.1) is 11.7 Å². The number of hydrogen-bond acceptors (Lipinski definition) is 3.